The van der Waals surface area contributed by atoms with E-state index in [9.17, 15) is 0 Å². The zero-order valence-electron chi connectivity index (χ0n) is 12.8. The standard InChI is InChI=1S/C17H24N4/c1-2-20-12-6-7-16(20)14-18-15-8-9-17(19-13-15)21-10-4-3-5-11-21/h6-9,12-13,18H,2-5,10-11,14H2,1H3. The van der Waals surface area contributed by atoms with Crippen molar-refractivity contribution in [2.24, 2.45) is 0 Å². The fourth-order valence-corrected chi connectivity index (χ4v) is 2.91. The molecule has 1 N–H and O–H groups in total. The molecule has 0 unspecified atom stereocenters. The Bertz CT molecular complexity index is 552. The fourth-order valence-electron chi connectivity index (χ4n) is 2.91. The summed E-state index contributed by atoms with van der Waals surface area (Å²) < 4.78 is 2.25. The van der Waals surface area contributed by atoms with Gasteiger partial charge in [0, 0.05) is 31.5 Å². The average Bonchev–Trinajstić information content (AvgIpc) is 3.02. The second kappa shape index (κ2) is 6.66. The summed E-state index contributed by atoms with van der Waals surface area (Å²) in [5.74, 6) is 1.11. The van der Waals surface area contributed by atoms with Gasteiger partial charge in [0.05, 0.1) is 18.4 Å². The summed E-state index contributed by atoms with van der Waals surface area (Å²) in [5, 5.41) is 3.45. The number of aryl methyl sites for hydroxylation is 1. The molecular formula is C17H24N4. The van der Waals surface area contributed by atoms with Crippen molar-refractivity contribution in [2.75, 3.05) is 23.3 Å². The Morgan fingerprint density at radius 1 is 1.14 bits per heavy atom. The molecule has 0 radical (unpaired) electrons. The van der Waals surface area contributed by atoms with Crippen LogP contribution in [-0.2, 0) is 13.1 Å². The van der Waals surface area contributed by atoms with Gasteiger partial charge in [-0.25, -0.2) is 4.98 Å². The first-order valence-corrected chi connectivity index (χ1v) is 7.95. The summed E-state index contributed by atoms with van der Waals surface area (Å²) >= 11 is 0. The second-order valence-electron chi connectivity index (χ2n) is 5.59. The normalized spacial score (nSPS) is 15.2. The van der Waals surface area contributed by atoms with E-state index < -0.39 is 0 Å². The molecule has 2 aromatic heterocycles. The molecule has 2 aromatic rings. The number of pyridine rings is 1. The van der Waals surface area contributed by atoms with Gasteiger partial charge >= 0.3 is 0 Å². The Labute approximate surface area is 126 Å². The zero-order chi connectivity index (χ0) is 14.5. The summed E-state index contributed by atoms with van der Waals surface area (Å²) in [4.78, 5) is 6.99. The first-order chi connectivity index (χ1) is 10.4. The Balaban J connectivity index is 1.59. The van der Waals surface area contributed by atoms with Crippen molar-refractivity contribution in [3.8, 4) is 0 Å². The van der Waals surface area contributed by atoms with E-state index in [1.54, 1.807) is 0 Å². The van der Waals surface area contributed by atoms with Crippen molar-refractivity contribution in [1.82, 2.24) is 9.55 Å². The lowest BCUT2D eigenvalue weighted by Crippen LogP contribution is -2.30. The van der Waals surface area contributed by atoms with Gasteiger partial charge in [-0.2, -0.15) is 0 Å². The van der Waals surface area contributed by atoms with Crippen molar-refractivity contribution in [1.29, 1.82) is 0 Å². The number of rotatable bonds is 5. The topological polar surface area (TPSA) is 33.1 Å². The average molecular weight is 284 g/mol. The summed E-state index contributed by atoms with van der Waals surface area (Å²) in [6.07, 6.45) is 8.00. The van der Waals surface area contributed by atoms with Crippen LogP contribution in [0.1, 0.15) is 31.9 Å². The van der Waals surface area contributed by atoms with Crippen molar-refractivity contribution in [3.63, 3.8) is 0 Å². The highest BCUT2D eigenvalue weighted by atomic mass is 15.2. The second-order valence-corrected chi connectivity index (χ2v) is 5.59. The number of piperidine rings is 1. The van der Waals surface area contributed by atoms with E-state index >= 15 is 0 Å². The molecule has 1 aliphatic rings. The van der Waals surface area contributed by atoms with Crippen LogP contribution in [0.5, 0.6) is 0 Å². The van der Waals surface area contributed by atoms with Gasteiger partial charge in [0.1, 0.15) is 5.82 Å². The smallest absolute Gasteiger partial charge is 0.128 e. The van der Waals surface area contributed by atoms with E-state index in [1.165, 1.54) is 25.0 Å². The third-order valence-corrected chi connectivity index (χ3v) is 4.17. The SMILES string of the molecule is CCn1cccc1CNc1ccc(N2CCCCC2)nc1. The summed E-state index contributed by atoms with van der Waals surface area (Å²) in [5.41, 5.74) is 2.39. The van der Waals surface area contributed by atoms with E-state index in [4.69, 9.17) is 0 Å². The maximum atomic E-state index is 4.60. The Morgan fingerprint density at radius 3 is 2.71 bits per heavy atom. The molecule has 4 nitrogen and oxygen atoms in total. The highest BCUT2D eigenvalue weighted by molar-refractivity contribution is 5.48. The molecule has 0 aromatic carbocycles. The summed E-state index contributed by atoms with van der Waals surface area (Å²) in [7, 11) is 0. The van der Waals surface area contributed by atoms with Gasteiger partial charge < -0.3 is 14.8 Å². The van der Waals surface area contributed by atoms with Gasteiger partial charge in [0.25, 0.3) is 0 Å². The molecule has 0 saturated carbocycles. The van der Waals surface area contributed by atoms with Gasteiger partial charge in [-0.1, -0.05) is 0 Å². The van der Waals surface area contributed by atoms with Crippen LogP contribution in [0.25, 0.3) is 0 Å². The van der Waals surface area contributed by atoms with E-state index in [0.29, 0.717) is 0 Å². The molecule has 3 rings (SSSR count). The number of hydrogen-bond donors (Lipinski definition) is 1. The van der Waals surface area contributed by atoms with E-state index in [-0.39, 0.29) is 0 Å². The largest absolute Gasteiger partial charge is 0.378 e. The Morgan fingerprint density at radius 2 is 2.00 bits per heavy atom. The first kappa shape index (κ1) is 14.0. The fraction of sp³-hybridized carbons (Fsp3) is 0.471. The lowest BCUT2D eigenvalue weighted by molar-refractivity contribution is 0.573. The minimum atomic E-state index is 0.839. The van der Waals surface area contributed by atoms with Crippen molar-refractivity contribution >= 4 is 11.5 Å². The van der Waals surface area contributed by atoms with Gasteiger partial charge in [-0.15, -0.1) is 0 Å². The molecule has 4 heteroatoms. The molecule has 112 valence electrons. The highest BCUT2D eigenvalue weighted by Gasteiger charge is 2.11. The van der Waals surface area contributed by atoms with Crippen LogP contribution in [0.4, 0.5) is 11.5 Å². The van der Waals surface area contributed by atoms with Crippen LogP contribution >= 0.6 is 0 Å². The molecule has 0 aliphatic carbocycles. The lowest BCUT2D eigenvalue weighted by atomic mass is 10.1. The molecule has 0 spiro atoms. The quantitative estimate of drug-likeness (QED) is 0.912. The van der Waals surface area contributed by atoms with Crippen LogP contribution in [0, 0.1) is 0 Å². The van der Waals surface area contributed by atoms with E-state index in [2.05, 4.69) is 57.2 Å². The number of nitrogens with one attached hydrogen (secondary N) is 1. The predicted octanol–water partition coefficient (Wildman–Crippen LogP) is 3.51. The van der Waals surface area contributed by atoms with Crippen LogP contribution in [-0.4, -0.2) is 22.6 Å². The maximum Gasteiger partial charge on any atom is 0.128 e. The molecule has 3 heterocycles. The third-order valence-electron chi connectivity index (χ3n) is 4.17. The van der Waals surface area contributed by atoms with E-state index in [0.717, 1.165) is 37.7 Å². The highest BCUT2D eigenvalue weighted by Crippen LogP contribution is 2.19. The molecule has 1 aliphatic heterocycles. The minimum Gasteiger partial charge on any atom is -0.378 e. The van der Waals surface area contributed by atoms with Gasteiger partial charge in [0.15, 0.2) is 0 Å². The predicted molar refractivity (Wildman–Crippen MR) is 87.7 cm³/mol. The third kappa shape index (κ3) is 3.38. The molecule has 0 amide bonds. The van der Waals surface area contributed by atoms with Gasteiger partial charge in [-0.05, 0) is 50.5 Å². The van der Waals surface area contributed by atoms with Crippen LogP contribution in [0.15, 0.2) is 36.7 Å². The number of hydrogen-bond acceptors (Lipinski definition) is 3. The molecule has 0 atom stereocenters. The Kier molecular flexibility index (Phi) is 4.43. The molecule has 21 heavy (non-hydrogen) atoms. The maximum absolute atomic E-state index is 4.60. The van der Waals surface area contributed by atoms with Crippen molar-refractivity contribution < 1.29 is 0 Å². The summed E-state index contributed by atoms with van der Waals surface area (Å²) in [6.45, 7) is 6.30. The number of nitrogens with zero attached hydrogens (tertiary/aromatic N) is 3. The monoisotopic (exact) mass is 284 g/mol. The zero-order valence-corrected chi connectivity index (χ0v) is 12.8. The first-order valence-electron chi connectivity index (χ1n) is 7.95. The Hall–Kier alpha value is -1.97. The van der Waals surface area contributed by atoms with Gasteiger partial charge in [-0.3, -0.25) is 0 Å². The molecule has 0 bridgehead atoms. The molecule has 1 saturated heterocycles. The van der Waals surface area contributed by atoms with Crippen LogP contribution in [0.2, 0.25) is 0 Å². The molecular weight excluding hydrogens is 260 g/mol. The minimum absolute atomic E-state index is 0.839. The van der Waals surface area contributed by atoms with Gasteiger partial charge in [0.2, 0.25) is 0 Å². The summed E-state index contributed by atoms with van der Waals surface area (Å²) in [6, 6.07) is 8.52. The van der Waals surface area contributed by atoms with Crippen LogP contribution in [0.3, 0.4) is 0 Å². The number of anilines is 2. The molecule has 1 fully saturated rings. The van der Waals surface area contributed by atoms with Crippen molar-refractivity contribution in [2.45, 2.75) is 39.3 Å². The van der Waals surface area contributed by atoms with Crippen LogP contribution < -0.4 is 10.2 Å². The lowest BCUT2D eigenvalue weighted by Gasteiger charge is -2.27. The van der Waals surface area contributed by atoms with E-state index in [1.807, 2.05) is 6.20 Å². The van der Waals surface area contributed by atoms with Crippen molar-refractivity contribution in [3.05, 3.63) is 42.4 Å². The number of aromatic nitrogens is 2.